The van der Waals surface area contributed by atoms with E-state index in [1.807, 2.05) is 18.2 Å². The highest BCUT2D eigenvalue weighted by Gasteiger charge is 2.32. The summed E-state index contributed by atoms with van der Waals surface area (Å²) in [5.41, 5.74) is 0.696. The quantitative estimate of drug-likeness (QED) is 0.794. The smallest absolute Gasteiger partial charge is 0.124 e. The van der Waals surface area contributed by atoms with E-state index in [9.17, 15) is 0 Å². The number of methoxy groups -OCH3 is 3. The van der Waals surface area contributed by atoms with E-state index in [0.717, 1.165) is 30.0 Å². The molecule has 20 heavy (non-hydrogen) atoms. The predicted molar refractivity (Wildman–Crippen MR) is 81.7 cm³/mol. The van der Waals surface area contributed by atoms with Crippen molar-refractivity contribution in [3.05, 3.63) is 23.8 Å². The van der Waals surface area contributed by atoms with Crippen LogP contribution in [-0.4, -0.2) is 33.5 Å². The Labute approximate surface area is 122 Å². The zero-order valence-corrected chi connectivity index (χ0v) is 13.4. The molecule has 0 aliphatic rings. The number of rotatable bonds is 8. The van der Waals surface area contributed by atoms with Crippen LogP contribution in [0, 0.1) is 0 Å². The van der Waals surface area contributed by atoms with Crippen molar-refractivity contribution in [2.24, 2.45) is 0 Å². The molecule has 0 heterocycles. The number of hydrogen-bond acceptors (Lipinski definition) is 4. The van der Waals surface area contributed by atoms with Gasteiger partial charge < -0.3 is 19.5 Å². The molecule has 1 aromatic rings. The maximum atomic E-state index is 5.67. The van der Waals surface area contributed by atoms with Gasteiger partial charge in [0.25, 0.3) is 0 Å². The minimum atomic E-state index is -0.352. The van der Waals surface area contributed by atoms with Crippen LogP contribution in [0.3, 0.4) is 0 Å². The van der Waals surface area contributed by atoms with Gasteiger partial charge in [0.1, 0.15) is 11.5 Å². The molecule has 1 rings (SSSR count). The molecule has 0 fully saturated rings. The van der Waals surface area contributed by atoms with E-state index in [1.165, 1.54) is 0 Å². The van der Waals surface area contributed by atoms with Crippen LogP contribution >= 0.6 is 0 Å². The highest BCUT2D eigenvalue weighted by atomic mass is 16.5. The molecule has 4 nitrogen and oxygen atoms in total. The van der Waals surface area contributed by atoms with E-state index >= 15 is 0 Å². The first-order chi connectivity index (χ1) is 9.50. The summed E-state index contributed by atoms with van der Waals surface area (Å²) in [6.07, 6.45) is 1.06. The van der Waals surface area contributed by atoms with E-state index in [4.69, 9.17) is 14.2 Å². The second kappa shape index (κ2) is 7.50. The van der Waals surface area contributed by atoms with Crippen molar-refractivity contribution in [2.75, 3.05) is 27.9 Å². The Morgan fingerprint density at radius 1 is 1.15 bits per heavy atom. The summed E-state index contributed by atoms with van der Waals surface area (Å²) in [6.45, 7) is 7.20. The average Bonchev–Trinajstić information content (AvgIpc) is 2.47. The van der Waals surface area contributed by atoms with Crippen LogP contribution < -0.4 is 14.8 Å². The first-order valence-electron chi connectivity index (χ1n) is 7.00. The minimum absolute atomic E-state index is 0.0255. The monoisotopic (exact) mass is 281 g/mol. The summed E-state index contributed by atoms with van der Waals surface area (Å²) >= 11 is 0. The maximum absolute atomic E-state index is 5.67. The molecule has 1 unspecified atom stereocenters. The summed E-state index contributed by atoms with van der Waals surface area (Å²) in [6, 6.07) is 5.87. The molecule has 1 atom stereocenters. The standard InChI is InChI=1S/C16H27NO3/c1-7-10-17-15(16(2,3)20-6)13-11-12(18-4)8-9-14(13)19-5/h8-9,11,15,17H,7,10H2,1-6H3. The van der Waals surface area contributed by atoms with Gasteiger partial charge in [0, 0.05) is 12.7 Å². The zero-order chi connectivity index (χ0) is 15.2. The molecule has 1 N–H and O–H groups in total. The molecular formula is C16H27NO3. The van der Waals surface area contributed by atoms with Crippen LogP contribution in [0.25, 0.3) is 0 Å². The minimum Gasteiger partial charge on any atom is -0.497 e. The molecule has 0 radical (unpaired) electrons. The van der Waals surface area contributed by atoms with Crippen LogP contribution in [0.5, 0.6) is 11.5 Å². The molecule has 0 aliphatic heterocycles. The number of nitrogens with one attached hydrogen (secondary N) is 1. The third kappa shape index (κ3) is 3.87. The van der Waals surface area contributed by atoms with Crippen molar-refractivity contribution >= 4 is 0 Å². The molecule has 1 aromatic carbocycles. The topological polar surface area (TPSA) is 39.7 Å². The second-order valence-electron chi connectivity index (χ2n) is 5.30. The number of benzene rings is 1. The molecule has 0 aliphatic carbocycles. The molecule has 0 saturated heterocycles. The number of hydrogen-bond donors (Lipinski definition) is 1. The molecular weight excluding hydrogens is 254 g/mol. The molecule has 0 aromatic heterocycles. The maximum Gasteiger partial charge on any atom is 0.124 e. The van der Waals surface area contributed by atoms with Gasteiger partial charge >= 0.3 is 0 Å². The highest BCUT2D eigenvalue weighted by molar-refractivity contribution is 5.43. The molecule has 0 bridgehead atoms. The lowest BCUT2D eigenvalue weighted by atomic mass is 9.90. The Hall–Kier alpha value is -1.26. The first kappa shape index (κ1) is 16.8. The van der Waals surface area contributed by atoms with Gasteiger partial charge in [-0.15, -0.1) is 0 Å². The van der Waals surface area contributed by atoms with E-state index < -0.39 is 0 Å². The van der Waals surface area contributed by atoms with Crippen molar-refractivity contribution in [2.45, 2.75) is 38.8 Å². The van der Waals surface area contributed by atoms with Gasteiger partial charge in [-0.2, -0.15) is 0 Å². The lowest BCUT2D eigenvalue weighted by Crippen LogP contribution is -2.41. The number of ether oxygens (including phenoxy) is 3. The fourth-order valence-electron chi connectivity index (χ4n) is 2.20. The summed E-state index contributed by atoms with van der Waals surface area (Å²) in [4.78, 5) is 0. The third-order valence-electron chi connectivity index (χ3n) is 3.57. The molecule has 114 valence electrons. The van der Waals surface area contributed by atoms with Gasteiger partial charge in [0.05, 0.1) is 25.9 Å². The van der Waals surface area contributed by atoms with Crippen molar-refractivity contribution in [1.82, 2.24) is 5.32 Å². The predicted octanol–water partition coefficient (Wildman–Crippen LogP) is 3.17. The van der Waals surface area contributed by atoms with Crippen LogP contribution in [0.4, 0.5) is 0 Å². The van der Waals surface area contributed by atoms with Crippen molar-refractivity contribution in [1.29, 1.82) is 0 Å². The lowest BCUT2D eigenvalue weighted by Gasteiger charge is -2.35. The summed E-state index contributed by atoms with van der Waals surface area (Å²) in [5, 5.41) is 3.54. The van der Waals surface area contributed by atoms with Gasteiger partial charge in [-0.05, 0) is 45.0 Å². The fraction of sp³-hybridized carbons (Fsp3) is 0.625. The van der Waals surface area contributed by atoms with Crippen LogP contribution in [-0.2, 0) is 4.74 Å². The molecule has 4 heteroatoms. The normalized spacial score (nSPS) is 13.1. The van der Waals surface area contributed by atoms with Gasteiger partial charge in [-0.25, -0.2) is 0 Å². The Morgan fingerprint density at radius 2 is 1.85 bits per heavy atom. The Balaban J connectivity index is 3.23. The molecule has 0 spiro atoms. The fourth-order valence-corrected chi connectivity index (χ4v) is 2.20. The van der Waals surface area contributed by atoms with E-state index in [1.54, 1.807) is 21.3 Å². The summed E-state index contributed by atoms with van der Waals surface area (Å²) < 4.78 is 16.5. The first-order valence-corrected chi connectivity index (χ1v) is 7.00. The van der Waals surface area contributed by atoms with E-state index in [0.29, 0.717) is 0 Å². The second-order valence-corrected chi connectivity index (χ2v) is 5.30. The van der Waals surface area contributed by atoms with Crippen LogP contribution in [0.2, 0.25) is 0 Å². The van der Waals surface area contributed by atoms with E-state index in [2.05, 4.69) is 26.1 Å². The molecule has 0 amide bonds. The SMILES string of the molecule is CCCNC(c1cc(OC)ccc1OC)C(C)(C)OC. The van der Waals surface area contributed by atoms with Gasteiger partial charge in [-0.3, -0.25) is 0 Å². The summed E-state index contributed by atoms with van der Waals surface area (Å²) in [5.74, 6) is 1.65. The van der Waals surface area contributed by atoms with Gasteiger partial charge in [0.15, 0.2) is 0 Å². The zero-order valence-electron chi connectivity index (χ0n) is 13.4. The lowest BCUT2D eigenvalue weighted by molar-refractivity contribution is -0.0117. The Bertz CT molecular complexity index is 418. The third-order valence-corrected chi connectivity index (χ3v) is 3.57. The van der Waals surface area contributed by atoms with Crippen molar-refractivity contribution in [3.63, 3.8) is 0 Å². The van der Waals surface area contributed by atoms with Gasteiger partial charge in [0.2, 0.25) is 0 Å². The van der Waals surface area contributed by atoms with Crippen molar-refractivity contribution < 1.29 is 14.2 Å². The highest BCUT2D eigenvalue weighted by Crippen LogP contribution is 2.36. The average molecular weight is 281 g/mol. The summed E-state index contributed by atoms with van der Waals surface area (Å²) in [7, 11) is 5.08. The Morgan fingerprint density at radius 3 is 2.35 bits per heavy atom. The van der Waals surface area contributed by atoms with Crippen LogP contribution in [0.1, 0.15) is 38.8 Å². The Kier molecular flexibility index (Phi) is 6.30. The van der Waals surface area contributed by atoms with Crippen molar-refractivity contribution in [3.8, 4) is 11.5 Å². The van der Waals surface area contributed by atoms with Crippen LogP contribution in [0.15, 0.2) is 18.2 Å². The molecule has 0 saturated carbocycles. The van der Waals surface area contributed by atoms with Gasteiger partial charge in [-0.1, -0.05) is 6.92 Å². The van der Waals surface area contributed by atoms with E-state index in [-0.39, 0.29) is 11.6 Å². The largest absolute Gasteiger partial charge is 0.497 e.